The number of ether oxygens (including phenoxy) is 2. The molecule has 1 aliphatic heterocycles. The van der Waals surface area contributed by atoms with Gasteiger partial charge in [0, 0.05) is 12.1 Å². The molecule has 43 heavy (non-hydrogen) atoms. The number of esters is 1. The van der Waals surface area contributed by atoms with Crippen LogP contribution in [0.4, 0.5) is 10.1 Å². The number of sulfone groups is 1. The molecular formula is C34H40FNO6S. The van der Waals surface area contributed by atoms with E-state index < -0.39 is 15.4 Å². The van der Waals surface area contributed by atoms with Gasteiger partial charge in [0.05, 0.1) is 24.2 Å². The van der Waals surface area contributed by atoms with Gasteiger partial charge in [-0.1, -0.05) is 24.3 Å². The SMILES string of the molecule is CCOC(=O)CCc1ccc(NC2CCc3c(-c4c(C)cc(OCC5(O)CCS(=O)(=O)CC5)cc4C)cccc32)cc1F. The maximum Gasteiger partial charge on any atom is 0.306 e. The first kappa shape index (κ1) is 31.0. The Kier molecular flexibility index (Phi) is 9.13. The van der Waals surface area contributed by atoms with E-state index in [4.69, 9.17) is 9.47 Å². The van der Waals surface area contributed by atoms with Crippen LogP contribution in [0.3, 0.4) is 0 Å². The molecule has 3 aromatic rings. The predicted molar refractivity (Wildman–Crippen MR) is 166 cm³/mol. The summed E-state index contributed by atoms with van der Waals surface area (Å²) >= 11 is 0. The molecule has 230 valence electrons. The van der Waals surface area contributed by atoms with Crippen molar-refractivity contribution >= 4 is 21.5 Å². The van der Waals surface area contributed by atoms with Crippen LogP contribution in [0.2, 0.25) is 0 Å². The number of aliphatic hydroxyl groups is 1. The van der Waals surface area contributed by atoms with Gasteiger partial charge in [0.1, 0.15) is 23.8 Å². The van der Waals surface area contributed by atoms with E-state index in [1.54, 1.807) is 13.0 Å². The Morgan fingerprint density at radius 2 is 1.81 bits per heavy atom. The van der Waals surface area contributed by atoms with Gasteiger partial charge in [0.15, 0.2) is 9.84 Å². The van der Waals surface area contributed by atoms with Crippen molar-refractivity contribution in [1.82, 2.24) is 0 Å². The zero-order valence-electron chi connectivity index (χ0n) is 25.0. The van der Waals surface area contributed by atoms with Crippen molar-refractivity contribution in [2.45, 2.75) is 70.9 Å². The summed E-state index contributed by atoms with van der Waals surface area (Å²) in [7, 11) is -3.07. The quantitative estimate of drug-likeness (QED) is 0.271. The lowest BCUT2D eigenvalue weighted by atomic mass is 9.90. The third-order valence-corrected chi connectivity index (χ3v) is 10.3. The first-order valence-corrected chi connectivity index (χ1v) is 16.8. The second-order valence-electron chi connectivity index (χ2n) is 11.8. The molecule has 0 aromatic heterocycles. The Hall–Kier alpha value is -3.43. The molecule has 0 amide bonds. The van der Waals surface area contributed by atoms with Gasteiger partial charge in [-0.3, -0.25) is 4.79 Å². The first-order valence-electron chi connectivity index (χ1n) is 15.0. The summed E-state index contributed by atoms with van der Waals surface area (Å²) in [4.78, 5) is 11.7. The molecule has 0 saturated carbocycles. The average Bonchev–Trinajstić information content (AvgIpc) is 3.37. The number of carbonyl (C=O) groups is 1. The number of carbonyl (C=O) groups excluding carboxylic acids is 1. The number of hydrogen-bond acceptors (Lipinski definition) is 7. The first-order chi connectivity index (χ1) is 20.5. The lowest BCUT2D eigenvalue weighted by Gasteiger charge is -2.31. The fraction of sp³-hybridized carbons (Fsp3) is 0.441. The molecule has 0 radical (unpaired) electrons. The Balaban J connectivity index is 1.29. The van der Waals surface area contributed by atoms with E-state index in [0.717, 1.165) is 29.5 Å². The van der Waals surface area contributed by atoms with Gasteiger partial charge in [-0.15, -0.1) is 0 Å². The van der Waals surface area contributed by atoms with Gasteiger partial charge in [-0.2, -0.15) is 0 Å². The van der Waals surface area contributed by atoms with E-state index in [1.807, 2.05) is 32.0 Å². The molecule has 1 aliphatic carbocycles. The zero-order valence-corrected chi connectivity index (χ0v) is 25.9. The van der Waals surface area contributed by atoms with Gasteiger partial charge in [0.2, 0.25) is 0 Å². The normalized spacial score (nSPS) is 18.6. The van der Waals surface area contributed by atoms with E-state index in [0.29, 0.717) is 30.0 Å². The number of aryl methyl sites for hydroxylation is 3. The van der Waals surface area contributed by atoms with Gasteiger partial charge in [-0.05, 0) is 116 Å². The highest BCUT2D eigenvalue weighted by molar-refractivity contribution is 7.91. The minimum Gasteiger partial charge on any atom is -0.491 e. The Labute approximate surface area is 253 Å². The van der Waals surface area contributed by atoms with E-state index in [1.165, 1.54) is 22.8 Å². The van der Waals surface area contributed by atoms with Crippen LogP contribution in [0, 0.1) is 19.7 Å². The number of halogens is 1. The highest BCUT2D eigenvalue weighted by Crippen LogP contribution is 2.42. The molecule has 0 bridgehead atoms. The fourth-order valence-electron chi connectivity index (χ4n) is 6.26. The maximum atomic E-state index is 14.8. The Bertz CT molecular complexity index is 1580. The summed E-state index contributed by atoms with van der Waals surface area (Å²) in [5.41, 5.74) is 6.93. The Morgan fingerprint density at radius 1 is 1.09 bits per heavy atom. The molecule has 9 heteroatoms. The van der Waals surface area contributed by atoms with Crippen molar-refractivity contribution in [2.75, 3.05) is 30.0 Å². The summed E-state index contributed by atoms with van der Waals surface area (Å²) in [6.07, 6.45) is 2.58. The molecule has 2 aliphatic rings. The van der Waals surface area contributed by atoms with E-state index in [9.17, 15) is 22.7 Å². The van der Waals surface area contributed by atoms with Crippen molar-refractivity contribution < 1.29 is 32.2 Å². The third-order valence-electron chi connectivity index (χ3n) is 8.61. The summed E-state index contributed by atoms with van der Waals surface area (Å²) in [5.74, 6) is -0.0459. The largest absolute Gasteiger partial charge is 0.491 e. The van der Waals surface area contributed by atoms with Crippen LogP contribution in [-0.2, 0) is 32.2 Å². The number of hydrogen-bond donors (Lipinski definition) is 2. The fourth-order valence-corrected chi connectivity index (χ4v) is 7.85. The van der Waals surface area contributed by atoms with Gasteiger partial charge >= 0.3 is 5.97 Å². The summed E-state index contributed by atoms with van der Waals surface area (Å²) in [6, 6.07) is 15.4. The summed E-state index contributed by atoms with van der Waals surface area (Å²) in [5, 5.41) is 14.3. The number of fused-ring (bicyclic) bond motifs is 1. The highest BCUT2D eigenvalue weighted by atomic mass is 32.2. The van der Waals surface area contributed by atoms with Crippen molar-refractivity contribution in [2.24, 2.45) is 0 Å². The van der Waals surface area contributed by atoms with Crippen LogP contribution in [0.5, 0.6) is 5.75 Å². The summed E-state index contributed by atoms with van der Waals surface area (Å²) < 4.78 is 49.3. The highest BCUT2D eigenvalue weighted by Gasteiger charge is 2.36. The minimum atomic E-state index is -3.07. The number of rotatable bonds is 10. The van der Waals surface area contributed by atoms with Crippen LogP contribution >= 0.6 is 0 Å². The number of benzene rings is 3. The lowest BCUT2D eigenvalue weighted by molar-refractivity contribution is -0.143. The smallest absolute Gasteiger partial charge is 0.306 e. The molecule has 1 atom stereocenters. The van der Waals surface area contributed by atoms with Crippen molar-refractivity contribution in [3.05, 3.63) is 82.2 Å². The molecule has 1 saturated heterocycles. The molecular weight excluding hydrogens is 569 g/mol. The van der Waals surface area contributed by atoms with Gasteiger partial charge in [0.25, 0.3) is 0 Å². The average molecular weight is 610 g/mol. The maximum absolute atomic E-state index is 14.8. The van der Waals surface area contributed by atoms with Gasteiger partial charge < -0.3 is 19.9 Å². The van der Waals surface area contributed by atoms with Crippen molar-refractivity contribution in [3.8, 4) is 16.9 Å². The van der Waals surface area contributed by atoms with Crippen LogP contribution < -0.4 is 10.1 Å². The lowest BCUT2D eigenvalue weighted by Crippen LogP contribution is -2.43. The molecule has 5 rings (SSSR count). The molecule has 3 aromatic carbocycles. The standard InChI is InChI=1S/C34H40FNO6S/c1-4-41-32(37)13-9-24-8-10-25(20-30(24)35)36-31-12-11-27-28(31)6-5-7-29(27)33-22(2)18-26(19-23(33)3)42-21-34(38)14-16-43(39,40)17-15-34/h5-8,10,18-20,31,36,38H,4,9,11-17,21H2,1-3H3. The molecule has 1 heterocycles. The molecule has 0 spiro atoms. The van der Waals surface area contributed by atoms with Crippen molar-refractivity contribution in [1.29, 1.82) is 0 Å². The second-order valence-corrected chi connectivity index (χ2v) is 14.1. The van der Waals surface area contributed by atoms with Gasteiger partial charge in [-0.25, -0.2) is 12.8 Å². The number of nitrogens with one attached hydrogen (secondary N) is 1. The van der Waals surface area contributed by atoms with Crippen LogP contribution in [0.25, 0.3) is 11.1 Å². The van der Waals surface area contributed by atoms with Crippen LogP contribution in [0.15, 0.2) is 48.5 Å². The van der Waals surface area contributed by atoms with E-state index in [2.05, 4.69) is 23.5 Å². The van der Waals surface area contributed by atoms with Crippen molar-refractivity contribution in [3.63, 3.8) is 0 Å². The minimum absolute atomic E-state index is 0.0177. The second kappa shape index (κ2) is 12.7. The zero-order chi connectivity index (χ0) is 30.8. The Morgan fingerprint density at radius 3 is 2.49 bits per heavy atom. The molecule has 2 N–H and O–H groups in total. The van der Waals surface area contributed by atoms with E-state index >= 15 is 0 Å². The summed E-state index contributed by atoms with van der Waals surface area (Å²) in [6.45, 7) is 6.22. The molecule has 1 unspecified atom stereocenters. The monoisotopic (exact) mass is 609 g/mol. The topological polar surface area (TPSA) is 102 Å². The van der Waals surface area contributed by atoms with Crippen LogP contribution in [0.1, 0.15) is 66.5 Å². The van der Waals surface area contributed by atoms with Crippen LogP contribution in [-0.4, -0.2) is 49.8 Å². The third kappa shape index (κ3) is 7.21. The molecule has 1 fully saturated rings. The molecule has 7 nitrogen and oxygen atoms in total. The predicted octanol–water partition coefficient (Wildman–Crippen LogP) is 6.02. The number of anilines is 1. The van der Waals surface area contributed by atoms with E-state index in [-0.39, 0.29) is 55.2 Å².